The van der Waals surface area contributed by atoms with E-state index >= 15 is 0 Å². The fraction of sp³-hybridized carbons (Fsp3) is 0.650. The number of esters is 1. The molecule has 0 saturated carbocycles. The topological polar surface area (TPSA) is 73.3 Å². The summed E-state index contributed by atoms with van der Waals surface area (Å²) in [5.74, 6) is -0.733. The summed E-state index contributed by atoms with van der Waals surface area (Å²) in [5, 5.41) is 0. The molecule has 0 radical (unpaired) electrons. The van der Waals surface area contributed by atoms with Crippen molar-refractivity contribution in [2.24, 2.45) is 5.73 Å². The van der Waals surface area contributed by atoms with Gasteiger partial charge in [0.25, 0.3) is 0 Å². The molecule has 5 heteroatoms. The first kappa shape index (κ1) is 21.1. The highest BCUT2D eigenvalue weighted by atomic mass is 16.5. The van der Waals surface area contributed by atoms with E-state index in [4.69, 9.17) is 10.5 Å². The Labute approximate surface area is 151 Å². The number of pyridine rings is 1. The maximum absolute atomic E-state index is 11.8. The lowest BCUT2D eigenvalue weighted by atomic mass is 10.1. The van der Waals surface area contributed by atoms with E-state index in [1.54, 1.807) is 29.1 Å². The standard InChI is InChI=1S/C20H32N2O3/c1-2-3-4-5-6-7-8-9-10-11-16-25-19(23)17-22-14-12-18(13-15-22)20(21)24/h12-15H,2-11,16-17H2,1H3,(H-,21,24)/p+1. The number of unbranched alkanes of at least 4 members (excludes halogenated alkanes) is 9. The van der Waals surface area contributed by atoms with Crippen LogP contribution in [0.25, 0.3) is 0 Å². The van der Waals surface area contributed by atoms with Crippen LogP contribution in [0.4, 0.5) is 0 Å². The molecular formula is C20H33N2O3+. The van der Waals surface area contributed by atoms with E-state index in [1.807, 2.05) is 0 Å². The molecule has 0 aliphatic rings. The van der Waals surface area contributed by atoms with E-state index in [9.17, 15) is 9.59 Å². The number of primary amides is 1. The molecule has 0 atom stereocenters. The molecule has 0 unspecified atom stereocenters. The van der Waals surface area contributed by atoms with E-state index in [2.05, 4.69) is 6.92 Å². The summed E-state index contributed by atoms with van der Waals surface area (Å²) in [7, 11) is 0. The molecule has 1 heterocycles. The third-order valence-electron chi connectivity index (χ3n) is 4.25. The summed E-state index contributed by atoms with van der Waals surface area (Å²) in [5.41, 5.74) is 5.60. The molecule has 2 N–H and O–H groups in total. The molecule has 1 aromatic rings. The smallest absolute Gasteiger partial charge is 0.372 e. The third kappa shape index (κ3) is 10.5. The van der Waals surface area contributed by atoms with Crippen molar-refractivity contribution >= 4 is 11.9 Å². The van der Waals surface area contributed by atoms with Crippen molar-refractivity contribution in [3.8, 4) is 0 Å². The number of carbonyl (C=O) groups excluding carboxylic acids is 2. The minimum atomic E-state index is -0.476. The zero-order chi connectivity index (χ0) is 18.3. The van der Waals surface area contributed by atoms with Crippen LogP contribution in [-0.2, 0) is 16.1 Å². The highest BCUT2D eigenvalue weighted by Crippen LogP contribution is 2.10. The van der Waals surface area contributed by atoms with Crippen LogP contribution in [0.3, 0.4) is 0 Å². The number of ether oxygens (including phenoxy) is 1. The molecule has 140 valence electrons. The second-order valence-electron chi connectivity index (χ2n) is 6.53. The van der Waals surface area contributed by atoms with Crippen LogP contribution in [0.1, 0.15) is 81.5 Å². The summed E-state index contributed by atoms with van der Waals surface area (Å²) < 4.78 is 6.92. The van der Waals surface area contributed by atoms with Gasteiger partial charge in [0, 0.05) is 12.1 Å². The Morgan fingerprint density at radius 1 is 0.920 bits per heavy atom. The number of hydrogen-bond acceptors (Lipinski definition) is 3. The number of rotatable bonds is 14. The first-order valence-corrected chi connectivity index (χ1v) is 9.58. The number of nitrogens with zero attached hydrogens (tertiary/aromatic N) is 1. The average molecular weight is 349 g/mol. The summed E-state index contributed by atoms with van der Waals surface area (Å²) >= 11 is 0. The minimum Gasteiger partial charge on any atom is -0.461 e. The average Bonchev–Trinajstić information content (AvgIpc) is 2.60. The van der Waals surface area contributed by atoms with E-state index < -0.39 is 5.91 Å². The zero-order valence-corrected chi connectivity index (χ0v) is 15.5. The largest absolute Gasteiger partial charge is 0.461 e. The summed E-state index contributed by atoms with van der Waals surface area (Å²) in [6, 6.07) is 3.19. The van der Waals surface area contributed by atoms with Gasteiger partial charge >= 0.3 is 5.97 Å². The Morgan fingerprint density at radius 3 is 1.96 bits per heavy atom. The number of aromatic nitrogens is 1. The van der Waals surface area contributed by atoms with E-state index in [0.29, 0.717) is 12.2 Å². The van der Waals surface area contributed by atoms with Crippen LogP contribution in [0, 0.1) is 0 Å². The lowest BCUT2D eigenvalue weighted by molar-refractivity contribution is -0.686. The second-order valence-corrected chi connectivity index (χ2v) is 6.53. The van der Waals surface area contributed by atoms with Crippen molar-refractivity contribution in [2.45, 2.75) is 77.7 Å². The Balaban J connectivity index is 1.99. The molecular weight excluding hydrogens is 316 g/mol. The highest BCUT2D eigenvalue weighted by molar-refractivity contribution is 5.92. The van der Waals surface area contributed by atoms with Gasteiger partial charge in [0.2, 0.25) is 12.5 Å². The lowest BCUT2D eigenvalue weighted by Crippen LogP contribution is -2.38. The number of nitrogens with two attached hydrogens (primary N) is 1. The van der Waals surface area contributed by atoms with Crippen LogP contribution in [0.2, 0.25) is 0 Å². The molecule has 0 aliphatic heterocycles. The Bertz CT molecular complexity index is 500. The molecule has 0 fully saturated rings. The molecule has 5 nitrogen and oxygen atoms in total. The van der Waals surface area contributed by atoms with Crippen LogP contribution in [0.15, 0.2) is 24.5 Å². The fourth-order valence-corrected chi connectivity index (χ4v) is 2.70. The van der Waals surface area contributed by atoms with E-state index in [-0.39, 0.29) is 12.5 Å². The van der Waals surface area contributed by atoms with Crippen LogP contribution in [0.5, 0.6) is 0 Å². The van der Waals surface area contributed by atoms with Gasteiger partial charge in [0.15, 0.2) is 12.4 Å². The van der Waals surface area contributed by atoms with Gasteiger partial charge in [-0.25, -0.2) is 4.79 Å². The Hall–Kier alpha value is -1.91. The quantitative estimate of drug-likeness (QED) is 0.317. The van der Waals surface area contributed by atoms with Gasteiger partial charge in [0.05, 0.1) is 12.2 Å². The summed E-state index contributed by atoms with van der Waals surface area (Å²) in [6.45, 7) is 2.87. The number of carbonyl (C=O) groups is 2. The molecule has 0 aliphatic carbocycles. The van der Waals surface area contributed by atoms with Gasteiger partial charge in [-0.2, -0.15) is 4.57 Å². The number of hydrogen-bond donors (Lipinski definition) is 1. The van der Waals surface area contributed by atoms with Gasteiger partial charge in [-0.05, 0) is 6.42 Å². The maximum atomic E-state index is 11.8. The van der Waals surface area contributed by atoms with E-state index in [1.165, 1.54) is 51.4 Å². The predicted molar refractivity (Wildman–Crippen MR) is 98.0 cm³/mol. The maximum Gasteiger partial charge on any atom is 0.372 e. The normalized spacial score (nSPS) is 10.6. The second kappa shape index (κ2) is 13.4. The van der Waals surface area contributed by atoms with Crippen molar-refractivity contribution in [1.82, 2.24) is 0 Å². The molecule has 1 aromatic heterocycles. The molecule has 1 amide bonds. The van der Waals surface area contributed by atoms with Gasteiger partial charge in [-0.1, -0.05) is 64.7 Å². The van der Waals surface area contributed by atoms with Crippen LogP contribution < -0.4 is 10.3 Å². The van der Waals surface area contributed by atoms with Crippen molar-refractivity contribution in [3.63, 3.8) is 0 Å². The molecule has 1 rings (SSSR count). The zero-order valence-electron chi connectivity index (χ0n) is 15.5. The van der Waals surface area contributed by atoms with Gasteiger partial charge in [0.1, 0.15) is 0 Å². The first-order valence-electron chi connectivity index (χ1n) is 9.58. The first-order chi connectivity index (χ1) is 12.1. The monoisotopic (exact) mass is 349 g/mol. The molecule has 0 spiro atoms. The van der Waals surface area contributed by atoms with Gasteiger partial charge < -0.3 is 10.5 Å². The Morgan fingerprint density at radius 2 is 1.44 bits per heavy atom. The SMILES string of the molecule is CCCCCCCCCCCCOC(=O)C[n+]1ccc(C(N)=O)cc1. The van der Waals surface area contributed by atoms with Crippen molar-refractivity contribution in [3.05, 3.63) is 30.1 Å². The van der Waals surface area contributed by atoms with Crippen molar-refractivity contribution in [1.29, 1.82) is 0 Å². The number of amides is 1. The summed E-state index contributed by atoms with van der Waals surface area (Å²) in [4.78, 5) is 22.7. The Kier molecular flexibility index (Phi) is 11.3. The van der Waals surface area contributed by atoms with Crippen molar-refractivity contribution < 1.29 is 18.9 Å². The molecule has 0 bridgehead atoms. The van der Waals surface area contributed by atoms with Crippen LogP contribution in [-0.4, -0.2) is 18.5 Å². The fourth-order valence-electron chi connectivity index (χ4n) is 2.70. The van der Waals surface area contributed by atoms with Gasteiger partial charge in [-0.15, -0.1) is 0 Å². The summed E-state index contributed by atoms with van der Waals surface area (Å²) in [6.07, 6.45) is 15.9. The third-order valence-corrected chi connectivity index (χ3v) is 4.25. The lowest BCUT2D eigenvalue weighted by Gasteiger charge is -2.04. The minimum absolute atomic E-state index is 0.150. The van der Waals surface area contributed by atoms with Crippen molar-refractivity contribution in [2.75, 3.05) is 6.61 Å². The predicted octanol–water partition coefficient (Wildman–Crippen LogP) is 3.54. The van der Waals surface area contributed by atoms with Crippen LogP contribution >= 0.6 is 0 Å². The molecule has 0 saturated heterocycles. The van der Waals surface area contributed by atoms with Gasteiger partial charge in [-0.3, -0.25) is 4.79 Å². The van der Waals surface area contributed by atoms with E-state index in [0.717, 1.165) is 12.8 Å². The molecule has 25 heavy (non-hydrogen) atoms. The highest BCUT2D eigenvalue weighted by Gasteiger charge is 2.11. The molecule has 0 aromatic carbocycles.